The van der Waals surface area contributed by atoms with E-state index in [1.165, 1.54) is 0 Å². The summed E-state index contributed by atoms with van der Waals surface area (Å²) >= 11 is 1.59. The van der Waals surface area contributed by atoms with Crippen LogP contribution in [0.3, 0.4) is 0 Å². The van der Waals surface area contributed by atoms with Gasteiger partial charge in [0.2, 0.25) is 0 Å². The van der Waals surface area contributed by atoms with Gasteiger partial charge in [-0.15, -0.1) is 11.3 Å². The molecule has 0 aliphatic carbocycles. The average Bonchev–Trinajstić information content (AvgIpc) is 3.03. The van der Waals surface area contributed by atoms with Crippen molar-refractivity contribution in [3.8, 4) is 10.6 Å². The fourth-order valence-corrected chi connectivity index (χ4v) is 3.05. The Kier molecular flexibility index (Phi) is 6.89. The lowest BCUT2D eigenvalue weighted by Gasteiger charge is -2.15. The van der Waals surface area contributed by atoms with Crippen molar-refractivity contribution in [3.05, 3.63) is 41.4 Å². The van der Waals surface area contributed by atoms with Gasteiger partial charge in [-0.1, -0.05) is 30.3 Å². The lowest BCUT2D eigenvalue weighted by Crippen LogP contribution is -3.11. The average molecular weight is 348 g/mol. The minimum atomic E-state index is -0.696. The molecule has 24 heavy (non-hydrogen) atoms. The molecule has 2 rings (SSSR count). The summed E-state index contributed by atoms with van der Waals surface area (Å²) in [5.41, 5.74) is 2.03. The first-order valence-electron chi connectivity index (χ1n) is 7.92. The first-order chi connectivity index (χ1) is 11.6. The third kappa shape index (κ3) is 5.43. The Morgan fingerprint density at radius 3 is 2.67 bits per heavy atom. The largest absolute Gasteiger partial charge is 0.450 e. The molecule has 2 aromatic rings. The van der Waals surface area contributed by atoms with Crippen LogP contribution in [0.1, 0.15) is 19.5 Å². The molecule has 0 saturated heterocycles. The van der Waals surface area contributed by atoms with E-state index in [0.717, 1.165) is 27.7 Å². The SMILES string of the molecule is CCOC(=O)NC(=O)C[NH+](CC)Cc1csc(-c2ccccc2)n1. The van der Waals surface area contributed by atoms with Crippen LogP contribution in [0.25, 0.3) is 10.6 Å². The molecule has 1 unspecified atom stereocenters. The summed E-state index contributed by atoms with van der Waals surface area (Å²) in [4.78, 5) is 28.8. The normalized spacial score (nSPS) is 11.8. The van der Waals surface area contributed by atoms with Gasteiger partial charge in [-0.05, 0) is 13.8 Å². The maximum absolute atomic E-state index is 11.9. The number of hydrogen-bond donors (Lipinski definition) is 2. The summed E-state index contributed by atoms with van der Waals surface area (Å²) in [6.07, 6.45) is -0.696. The third-order valence-corrected chi connectivity index (χ3v) is 4.37. The van der Waals surface area contributed by atoms with Gasteiger partial charge < -0.3 is 9.64 Å². The van der Waals surface area contributed by atoms with Gasteiger partial charge in [-0.2, -0.15) is 0 Å². The number of aromatic nitrogens is 1. The van der Waals surface area contributed by atoms with Crippen molar-refractivity contribution in [2.45, 2.75) is 20.4 Å². The Bertz CT molecular complexity index is 673. The van der Waals surface area contributed by atoms with E-state index in [0.29, 0.717) is 6.54 Å². The number of carbonyl (C=O) groups excluding carboxylic acids is 2. The molecule has 1 aromatic carbocycles. The van der Waals surface area contributed by atoms with Crippen molar-refractivity contribution in [3.63, 3.8) is 0 Å². The minimum absolute atomic E-state index is 0.202. The molecule has 2 N–H and O–H groups in total. The molecular formula is C17H22N3O3S+. The summed E-state index contributed by atoms with van der Waals surface area (Å²) in [7, 11) is 0. The molecule has 0 radical (unpaired) electrons. The Hall–Kier alpha value is -2.25. The van der Waals surface area contributed by atoms with Crippen LogP contribution >= 0.6 is 11.3 Å². The highest BCUT2D eigenvalue weighted by Gasteiger charge is 2.17. The van der Waals surface area contributed by atoms with Crippen LogP contribution in [0.2, 0.25) is 0 Å². The summed E-state index contributed by atoms with van der Waals surface area (Å²) in [6, 6.07) is 10.0. The van der Waals surface area contributed by atoms with Crippen molar-refractivity contribution < 1.29 is 19.2 Å². The van der Waals surface area contributed by atoms with E-state index >= 15 is 0 Å². The van der Waals surface area contributed by atoms with Crippen LogP contribution in [0.15, 0.2) is 35.7 Å². The van der Waals surface area contributed by atoms with Gasteiger partial charge in [0, 0.05) is 10.9 Å². The first-order valence-corrected chi connectivity index (χ1v) is 8.80. The molecule has 0 aliphatic heterocycles. The van der Waals surface area contributed by atoms with Crippen LogP contribution in [-0.2, 0) is 16.1 Å². The monoisotopic (exact) mass is 348 g/mol. The Labute approximate surface area is 145 Å². The van der Waals surface area contributed by atoms with Crippen LogP contribution in [-0.4, -0.2) is 36.7 Å². The summed E-state index contributed by atoms with van der Waals surface area (Å²) < 4.78 is 4.71. The highest BCUT2D eigenvalue weighted by atomic mass is 32.1. The van der Waals surface area contributed by atoms with Gasteiger partial charge in [0.05, 0.1) is 13.2 Å². The molecule has 0 saturated carbocycles. The van der Waals surface area contributed by atoms with Crippen molar-refractivity contribution in [1.82, 2.24) is 10.3 Å². The molecule has 128 valence electrons. The second-order valence-corrected chi connectivity index (χ2v) is 6.09. The molecule has 2 amide bonds. The number of ether oxygens (including phenoxy) is 1. The van der Waals surface area contributed by atoms with Gasteiger partial charge in [0.15, 0.2) is 6.54 Å². The number of alkyl carbamates (subject to hydrolysis) is 1. The number of quaternary nitrogens is 1. The van der Waals surface area contributed by atoms with Crippen molar-refractivity contribution in [2.24, 2.45) is 0 Å². The number of likely N-dealkylation sites (N-methyl/N-ethyl adjacent to an activating group) is 1. The molecule has 1 heterocycles. The molecule has 7 heteroatoms. The number of amides is 2. The van der Waals surface area contributed by atoms with Crippen molar-refractivity contribution in [1.29, 1.82) is 0 Å². The number of nitrogens with zero attached hydrogens (tertiary/aromatic N) is 1. The van der Waals surface area contributed by atoms with E-state index in [-0.39, 0.29) is 19.1 Å². The zero-order valence-electron chi connectivity index (χ0n) is 13.9. The van der Waals surface area contributed by atoms with E-state index in [1.807, 2.05) is 42.6 Å². The van der Waals surface area contributed by atoms with Crippen LogP contribution in [0, 0.1) is 0 Å². The van der Waals surface area contributed by atoms with Crippen LogP contribution in [0.4, 0.5) is 4.79 Å². The molecule has 0 spiro atoms. The quantitative estimate of drug-likeness (QED) is 0.795. The fourth-order valence-electron chi connectivity index (χ4n) is 2.22. The number of carbonyl (C=O) groups is 2. The smallest absolute Gasteiger partial charge is 0.414 e. The Morgan fingerprint density at radius 1 is 1.25 bits per heavy atom. The van der Waals surface area contributed by atoms with Gasteiger partial charge in [0.25, 0.3) is 5.91 Å². The zero-order valence-corrected chi connectivity index (χ0v) is 14.7. The molecule has 1 aromatic heterocycles. The lowest BCUT2D eigenvalue weighted by molar-refractivity contribution is -0.904. The highest BCUT2D eigenvalue weighted by molar-refractivity contribution is 7.13. The first kappa shape index (κ1) is 18.1. The summed E-state index contributed by atoms with van der Waals surface area (Å²) in [5.74, 6) is -0.344. The van der Waals surface area contributed by atoms with Crippen molar-refractivity contribution in [2.75, 3.05) is 19.7 Å². The van der Waals surface area contributed by atoms with E-state index in [4.69, 9.17) is 4.74 Å². The maximum Gasteiger partial charge on any atom is 0.414 e. The molecular weight excluding hydrogens is 326 g/mol. The minimum Gasteiger partial charge on any atom is -0.450 e. The van der Waals surface area contributed by atoms with Gasteiger partial charge in [-0.25, -0.2) is 9.78 Å². The number of hydrogen-bond acceptors (Lipinski definition) is 5. The number of benzene rings is 1. The predicted octanol–water partition coefficient (Wildman–Crippen LogP) is 1.49. The Balaban J connectivity index is 1.92. The number of thiazole rings is 1. The second kappa shape index (κ2) is 9.14. The Morgan fingerprint density at radius 2 is 2.00 bits per heavy atom. The number of nitrogens with one attached hydrogen (secondary N) is 2. The third-order valence-electron chi connectivity index (χ3n) is 3.43. The van der Waals surface area contributed by atoms with Crippen LogP contribution in [0.5, 0.6) is 0 Å². The van der Waals surface area contributed by atoms with Crippen LogP contribution < -0.4 is 10.2 Å². The topological polar surface area (TPSA) is 72.7 Å². The molecule has 1 atom stereocenters. The fraction of sp³-hybridized carbons (Fsp3) is 0.353. The molecule has 0 fully saturated rings. The van der Waals surface area contributed by atoms with Gasteiger partial charge in [-0.3, -0.25) is 10.1 Å². The number of rotatable bonds is 7. The second-order valence-electron chi connectivity index (χ2n) is 5.24. The predicted molar refractivity (Wildman–Crippen MR) is 92.8 cm³/mol. The van der Waals surface area contributed by atoms with Gasteiger partial charge >= 0.3 is 6.09 Å². The zero-order chi connectivity index (χ0) is 17.4. The van der Waals surface area contributed by atoms with E-state index < -0.39 is 6.09 Å². The maximum atomic E-state index is 11.9. The standard InChI is InChI=1S/C17H21N3O3S/c1-3-20(11-15(21)19-17(22)23-4-2)10-14-12-24-16(18-14)13-8-6-5-7-9-13/h5-9,12H,3-4,10-11H2,1-2H3,(H,19,21,22)/p+1. The van der Waals surface area contributed by atoms with Gasteiger partial charge in [0.1, 0.15) is 17.2 Å². The van der Waals surface area contributed by atoms with E-state index in [9.17, 15) is 9.59 Å². The van der Waals surface area contributed by atoms with E-state index in [2.05, 4.69) is 10.3 Å². The van der Waals surface area contributed by atoms with E-state index in [1.54, 1.807) is 18.3 Å². The van der Waals surface area contributed by atoms with Crippen molar-refractivity contribution >= 4 is 23.3 Å². The summed E-state index contributed by atoms with van der Waals surface area (Å²) in [6.45, 7) is 5.53. The number of imide groups is 1. The molecule has 6 nitrogen and oxygen atoms in total. The molecule has 0 bridgehead atoms. The lowest BCUT2D eigenvalue weighted by atomic mass is 10.2. The highest BCUT2D eigenvalue weighted by Crippen LogP contribution is 2.22. The summed E-state index contributed by atoms with van der Waals surface area (Å²) in [5, 5.41) is 5.21. The molecule has 0 aliphatic rings.